The van der Waals surface area contributed by atoms with E-state index in [1.54, 1.807) is 24.2 Å². The highest BCUT2D eigenvalue weighted by molar-refractivity contribution is 7.99. The number of nitrogens with zero attached hydrogens (tertiary/aromatic N) is 2. The van der Waals surface area contributed by atoms with Crippen molar-refractivity contribution in [2.75, 3.05) is 5.75 Å². The molecule has 0 saturated heterocycles. The minimum absolute atomic E-state index is 0.0923. The summed E-state index contributed by atoms with van der Waals surface area (Å²) in [6, 6.07) is 22.1. The van der Waals surface area contributed by atoms with Crippen LogP contribution in [-0.4, -0.2) is 20.7 Å². The molecule has 0 radical (unpaired) electrons. The summed E-state index contributed by atoms with van der Waals surface area (Å²) in [5, 5.41) is 1.50. The van der Waals surface area contributed by atoms with Crippen molar-refractivity contribution in [3.8, 4) is 11.1 Å². The van der Waals surface area contributed by atoms with Gasteiger partial charge in [0.15, 0.2) is 5.16 Å². The standard InChI is InChI=1S/C30H32ClN3OS/c31-26-15-13-23(14-16-26)10-6-3-1-2-4-9-21-36-30-33-27(22-24-11-7-5-8-12-24)28(29(35)34-30)25-17-19-32-20-18-25/h5,7-8,11-20H,1-4,6,9-10,21-22H2,(H,33,34,35). The van der Waals surface area contributed by atoms with Crippen molar-refractivity contribution in [2.45, 2.75) is 56.5 Å². The van der Waals surface area contributed by atoms with Crippen molar-refractivity contribution in [1.82, 2.24) is 15.0 Å². The Bertz CT molecular complexity index is 1260. The van der Waals surface area contributed by atoms with Gasteiger partial charge < -0.3 is 4.98 Å². The predicted molar refractivity (Wildman–Crippen MR) is 151 cm³/mol. The lowest BCUT2D eigenvalue weighted by atomic mass is 10.0. The Morgan fingerprint density at radius 3 is 2.22 bits per heavy atom. The number of rotatable bonds is 13. The SMILES string of the molecule is O=c1[nH]c(SCCCCCCCCc2ccc(Cl)cc2)nc(Cc2ccccc2)c1-c1ccncc1. The van der Waals surface area contributed by atoms with E-state index in [2.05, 4.69) is 34.2 Å². The molecule has 4 nitrogen and oxygen atoms in total. The molecule has 6 heteroatoms. The number of benzene rings is 2. The molecule has 2 aromatic carbocycles. The van der Waals surface area contributed by atoms with Crippen LogP contribution in [0.1, 0.15) is 55.3 Å². The zero-order chi connectivity index (χ0) is 25.0. The van der Waals surface area contributed by atoms with E-state index in [4.69, 9.17) is 16.6 Å². The fourth-order valence-electron chi connectivity index (χ4n) is 4.26. The molecule has 0 aliphatic heterocycles. The highest BCUT2D eigenvalue weighted by Gasteiger charge is 2.14. The van der Waals surface area contributed by atoms with Crippen LogP contribution in [0, 0.1) is 0 Å². The third-order valence-corrected chi connectivity index (χ3v) is 7.38. The van der Waals surface area contributed by atoms with Crippen molar-refractivity contribution < 1.29 is 0 Å². The summed E-state index contributed by atoms with van der Waals surface area (Å²) >= 11 is 7.59. The van der Waals surface area contributed by atoms with Gasteiger partial charge in [-0.05, 0) is 60.2 Å². The van der Waals surface area contributed by atoms with Gasteiger partial charge in [0, 0.05) is 29.6 Å². The Labute approximate surface area is 222 Å². The second kappa shape index (κ2) is 14.0. The zero-order valence-corrected chi connectivity index (χ0v) is 22.0. The Balaban J connectivity index is 1.26. The van der Waals surface area contributed by atoms with Gasteiger partial charge in [-0.15, -0.1) is 0 Å². The molecule has 1 N–H and O–H groups in total. The van der Waals surface area contributed by atoms with Gasteiger partial charge in [-0.25, -0.2) is 4.98 Å². The van der Waals surface area contributed by atoms with Crippen molar-refractivity contribution in [3.63, 3.8) is 0 Å². The molecule has 0 bridgehead atoms. The third kappa shape index (κ3) is 8.07. The molecule has 0 unspecified atom stereocenters. The van der Waals surface area contributed by atoms with Crippen LogP contribution in [0.25, 0.3) is 11.1 Å². The number of nitrogens with one attached hydrogen (secondary N) is 1. The minimum atomic E-state index is -0.0923. The molecule has 0 spiro atoms. The average molecular weight is 518 g/mol. The van der Waals surface area contributed by atoms with Gasteiger partial charge in [0.05, 0.1) is 11.3 Å². The van der Waals surface area contributed by atoms with Crippen LogP contribution < -0.4 is 5.56 Å². The number of hydrogen-bond acceptors (Lipinski definition) is 4. The Kier molecular flexibility index (Phi) is 10.2. The number of H-pyrrole nitrogens is 1. The molecule has 0 fully saturated rings. The molecule has 0 aliphatic carbocycles. The van der Waals surface area contributed by atoms with E-state index in [0.29, 0.717) is 17.1 Å². The Morgan fingerprint density at radius 1 is 0.778 bits per heavy atom. The largest absolute Gasteiger partial charge is 0.301 e. The number of hydrogen-bond donors (Lipinski definition) is 1. The summed E-state index contributed by atoms with van der Waals surface area (Å²) in [5.41, 5.74) is 4.68. The Hall–Kier alpha value is -2.89. The predicted octanol–water partition coefficient (Wildman–Crippen LogP) is 7.75. The topological polar surface area (TPSA) is 58.6 Å². The lowest BCUT2D eigenvalue weighted by molar-refractivity contribution is 0.609. The Morgan fingerprint density at radius 2 is 1.47 bits per heavy atom. The second-order valence-electron chi connectivity index (χ2n) is 8.94. The van der Waals surface area contributed by atoms with E-state index in [1.165, 1.54) is 37.7 Å². The van der Waals surface area contributed by atoms with Crippen molar-refractivity contribution >= 4 is 23.4 Å². The maximum Gasteiger partial charge on any atom is 0.259 e. The maximum atomic E-state index is 13.1. The number of aryl methyl sites for hydroxylation is 1. The molecule has 0 amide bonds. The number of pyridine rings is 1. The minimum Gasteiger partial charge on any atom is -0.301 e. The lowest BCUT2D eigenvalue weighted by Gasteiger charge is -2.11. The molecule has 2 aromatic heterocycles. The summed E-state index contributed by atoms with van der Waals surface area (Å²) in [7, 11) is 0. The smallest absolute Gasteiger partial charge is 0.259 e. The normalized spacial score (nSPS) is 11.0. The molecule has 4 aromatic rings. The molecule has 186 valence electrons. The molecule has 0 aliphatic rings. The number of aromatic nitrogens is 3. The number of halogens is 1. The molecular weight excluding hydrogens is 486 g/mol. The highest BCUT2D eigenvalue weighted by Crippen LogP contribution is 2.23. The van der Waals surface area contributed by atoms with E-state index in [1.807, 2.05) is 42.5 Å². The van der Waals surface area contributed by atoms with Crippen LogP contribution in [-0.2, 0) is 12.8 Å². The van der Waals surface area contributed by atoms with Gasteiger partial charge >= 0.3 is 0 Å². The quantitative estimate of drug-likeness (QED) is 0.112. The number of aromatic amines is 1. The summed E-state index contributed by atoms with van der Waals surface area (Å²) in [6.45, 7) is 0. The van der Waals surface area contributed by atoms with Crippen LogP contribution in [0.15, 0.2) is 89.1 Å². The van der Waals surface area contributed by atoms with Gasteiger partial charge in [0.2, 0.25) is 0 Å². The van der Waals surface area contributed by atoms with E-state index in [-0.39, 0.29) is 5.56 Å². The lowest BCUT2D eigenvalue weighted by Crippen LogP contribution is -2.16. The molecule has 36 heavy (non-hydrogen) atoms. The van der Waals surface area contributed by atoms with E-state index >= 15 is 0 Å². The van der Waals surface area contributed by atoms with E-state index in [9.17, 15) is 4.79 Å². The van der Waals surface area contributed by atoms with Gasteiger partial charge in [-0.2, -0.15) is 0 Å². The number of thioether (sulfide) groups is 1. The van der Waals surface area contributed by atoms with Crippen LogP contribution in [0.3, 0.4) is 0 Å². The monoisotopic (exact) mass is 517 g/mol. The second-order valence-corrected chi connectivity index (χ2v) is 10.5. The van der Waals surface area contributed by atoms with Gasteiger partial charge in [-0.1, -0.05) is 91.5 Å². The van der Waals surface area contributed by atoms with E-state index in [0.717, 1.165) is 40.4 Å². The van der Waals surface area contributed by atoms with Crippen molar-refractivity contribution in [2.24, 2.45) is 0 Å². The summed E-state index contributed by atoms with van der Waals surface area (Å²) < 4.78 is 0. The van der Waals surface area contributed by atoms with Crippen molar-refractivity contribution in [3.05, 3.63) is 111 Å². The van der Waals surface area contributed by atoms with Crippen molar-refractivity contribution in [1.29, 1.82) is 0 Å². The summed E-state index contributed by atoms with van der Waals surface area (Å²) in [5.74, 6) is 0.951. The van der Waals surface area contributed by atoms with E-state index < -0.39 is 0 Å². The molecular formula is C30H32ClN3OS. The zero-order valence-electron chi connectivity index (χ0n) is 20.5. The first-order chi connectivity index (χ1) is 17.7. The van der Waals surface area contributed by atoms with Crippen LogP contribution in [0.5, 0.6) is 0 Å². The molecule has 0 atom stereocenters. The molecule has 4 rings (SSSR count). The molecule has 0 saturated carbocycles. The van der Waals surface area contributed by atoms with Gasteiger partial charge in [0.1, 0.15) is 0 Å². The van der Waals surface area contributed by atoms with Gasteiger partial charge in [0.25, 0.3) is 5.56 Å². The van der Waals surface area contributed by atoms with Crippen LogP contribution in [0.2, 0.25) is 5.02 Å². The third-order valence-electron chi connectivity index (χ3n) is 6.17. The number of unbranched alkanes of at least 4 members (excludes halogenated alkanes) is 5. The maximum absolute atomic E-state index is 13.1. The summed E-state index contributed by atoms with van der Waals surface area (Å²) in [6.07, 6.45) is 12.4. The highest BCUT2D eigenvalue weighted by atomic mass is 35.5. The van der Waals surface area contributed by atoms with Crippen LogP contribution in [0.4, 0.5) is 0 Å². The fraction of sp³-hybridized carbons (Fsp3) is 0.300. The van der Waals surface area contributed by atoms with Crippen LogP contribution >= 0.6 is 23.4 Å². The average Bonchev–Trinajstić information content (AvgIpc) is 2.90. The molecule has 2 heterocycles. The summed E-state index contributed by atoms with van der Waals surface area (Å²) in [4.78, 5) is 25.0. The first-order valence-corrected chi connectivity index (χ1v) is 14.0. The van der Waals surface area contributed by atoms with Gasteiger partial charge in [-0.3, -0.25) is 9.78 Å². The first-order valence-electron chi connectivity index (χ1n) is 12.6. The fourth-order valence-corrected chi connectivity index (χ4v) is 5.26. The first kappa shape index (κ1) is 26.2.